The molecule has 2 aromatic rings. The van der Waals surface area contributed by atoms with E-state index in [0.29, 0.717) is 11.5 Å². The van der Waals surface area contributed by atoms with Gasteiger partial charge in [0.2, 0.25) is 0 Å². The molecule has 0 aromatic carbocycles. The maximum atomic E-state index is 8.84. The van der Waals surface area contributed by atoms with Gasteiger partial charge in [0, 0.05) is 4.88 Å². The first kappa shape index (κ1) is 11.4. The smallest absolute Gasteiger partial charge is 0.165 e. The van der Waals surface area contributed by atoms with Crippen molar-refractivity contribution in [2.75, 3.05) is 11.1 Å². The Labute approximate surface area is 104 Å². The molecular formula is C12H12N4S. The Balaban J connectivity index is 2.17. The zero-order valence-electron chi connectivity index (χ0n) is 9.34. The number of nitrogens with zero attached hydrogens (tertiary/aromatic N) is 2. The second-order valence-corrected chi connectivity index (χ2v) is 4.61. The molecule has 4 nitrogen and oxygen atoms in total. The molecule has 0 saturated heterocycles. The van der Waals surface area contributed by atoms with Gasteiger partial charge in [-0.15, -0.1) is 11.3 Å². The number of hydrogen-bond donors (Lipinski definition) is 2. The molecule has 0 bridgehead atoms. The summed E-state index contributed by atoms with van der Waals surface area (Å²) in [6.07, 6.45) is 0. The lowest BCUT2D eigenvalue weighted by Gasteiger charge is -2.13. The van der Waals surface area contributed by atoms with Gasteiger partial charge in [0.15, 0.2) is 5.69 Å². The summed E-state index contributed by atoms with van der Waals surface area (Å²) in [6.45, 7) is 2.05. The van der Waals surface area contributed by atoms with E-state index in [0.717, 1.165) is 0 Å². The molecule has 0 spiro atoms. The van der Waals surface area contributed by atoms with Crippen LogP contribution < -0.4 is 11.1 Å². The number of nitrogens with two attached hydrogens (primary N) is 1. The van der Waals surface area contributed by atoms with Crippen molar-refractivity contribution in [1.82, 2.24) is 4.98 Å². The average molecular weight is 244 g/mol. The van der Waals surface area contributed by atoms with Crippen molar-refractivity contribution in [3.8, 4) is 6.07 Å². The molecular weight excluding hydrogens is 232 g/mol. The predicted octanol–water partition coefficient (Wildman–Crippen LogP) is 2.77. The fourth-order valence-electron chi connectivity index (χ4n) is 1.47. The fraction of sp³-hybridized carbons (Fsp3) is 0.167. The van der Waals surface area contributed by atoms with Crippen LogP contribution in [0.5, 0.6) is 0 Å². The Bertz CT molecular complexity index is 542. The number of nitrogens with one attached hydrogen (secondary N) is 1. The van der Waals surface area contributed by atoms with Crippen molar-refractivity contribution in [1.29, 1.82) is 5.26 Å². The fourth-order valence-corrected chi connectivity index (χ4v) is 2.20. The van der Waals surface area contributed by atoms with Crippen LogP contribution in [0.15, 0.2) is 29.6 Å². The molecule has 2 aromatic heterocycles. The van der Waals surface area contributed by atoms with Crippen molar-refractivity contribution in [3.05, 3.63) is 40.2 Å². The van der Waals surface area contributed by atoms with E-state index >= 15 is 0 Å². The van der Waals surface area contributed by atoms with Crippen molar-refractivity contribution in [3.63, 3.8) is 0 Å². The third-order valence-electron chi connectivity index (χ3n) is 2.37. The standard InChI is InChI=1S/C12H12N4S/c1-8(11-3-2-6-17-11)15-12-5-4-9(14)10(7-13)16-12/h2-6,8H,14H2,1H3,(H,15,16). The predicted molar refractivity (Wildman–Crippen MR) is 69.7 cm³/mol. The summed E-state index contributed by atoms with van der Waals surface area (Å²) in [7, 11) is 0. The zero-order chi connectivity index (χ0) is 12.3. The number of rotatable bonds is 3. The van der Waals surface area contributed by atoms with Gasteiger partial charge in [-0.2, -0.15) is 5.26 Å². The van der Waals surface area contributed by atoms with Gasteiger partial charge in [-0.3, -0.25) is 0 Å². The van der Waals surface area contributed by atoms with Crippen molar-refractivity contribution in [2.45, 2.75) is 13.0 Å². The van der Waals surface area contributed by atoms with Crippen LogP contribution in [0.25, 0.3) is 0 Å². The largest absolute Gasteiger partial charge is 0.396 e. The van der Waals surface area contributed by atoms with Gasteiger partial charge in [-0.05, 0) is 30.5 Å². The molecule has 1 unspecified atom stereocenters. The summed E-state index contributed by atoms with van der Waals surface area (Å²) in [5.74, 6) is 0.664. The summed E-state index contributed by atoms with van der Waals surface area (Å²) in [5, 5.41) is 14.1. The summed E-state index contributed by atoms with van der Waals surface area (Å²) >= 11 is 1.68. The molecule has 0 aliphatic carbocycles. The minimum atomic E-state index is 0.165. The molecule has 0 amide bonds. The highest BCUT2D eigenvalue weighted by atomic mass is 32.1. The van der Waals surface area contributed by atoms with Gasteiger partial charge in [-0.25, -0.2) is 4.98 Å². The summed E-state index contributed by atoms with van der Waals surface area (Å²) in [5.41, 5.74) is 6.28. The van der Waals surface area contributed by atoms with Crippen LogP contribution in [0.1, 0.15) is 23.5 Å². The molecule has 0 saturated carbocycles. The molecule has 0 aliphatic heterocycles. The first-order chi connectivity index (χ1) is 8.20. The van der Waals surface area contributed by atoms with Crippen LogP contribution in [0.4, 0.5) is 11.5 Å². The second kappa shape index (κ2) is 4.85. The van der Waals surface area contributed by atoms with E-state index < -0.39 is 0 Å². The molecule has 3 N–H and O–H groups in total. The maximum Gasteiger partial charge on any atom is 0.165 e. The van der Waals surface area contributed by atoms with E-state index in [-0.39, 0.29) is 11.7 Å². The van der Waals surface area contributed by atoms with Crippen LogP contribution in [0.2, 0.25) is 0 Å². The Morgan fingerprint density at radius 1 is 1.47 bits per heavy atom. The normalized spacial score (nSPS) is 11.8. The Morgan fingerprint density at radius 2 is 2.29 bits per heavy atom. The summed E-state index contributed by atoms with van der Waals surface area (Å²) in [4.78, 5) is 5.37. The minimum Gasteiger partial charge on any atom is -0.396 e. The molecule has 1 atom stereocenters. The van der Waals surface area contributed by atoms with Gasteiger partial charge in [-0.1, -0.05) is 6.07 Å². The van der Waals surface area contributed by atoms with E-state index in [1.165, 1.54) is 4.88 Å². The van der Waals surface area contributed by atoms with Gasteiger partial charge in [0.1, 0.15) is 11.9 Å². The number of pyridine rings is 1. The molecule has 86 valence electrons. The van der Waals surface area contributed by atoms with Crippen molar-refractivity contribution < 1.29 is 0 Å². The Morgan fingerprint density at radius 3 is 2.94 bits per heavy atom. The maximum absolute atomic E-state index is 8.84. The molecule has 0 aliphatic rings. The van der Waals surface area contributed by atoms with Crippen LogP contribution in [-0.4, -0.2) is 4.98 Å². The van der Waals surface area contributed by atoms with Crippen LogP contribution in [0, 0.1) is 11.3 Å². The van der Waals surface area contributed by atoms with Crippen LogP contribution in [-0.2, 0) is 0 Å². The van der Waals surface area contributed by atoms with E-state index in [4.69, 9.17) is 11.0 Å². The van der Waals surface area contributed by atoms with Crippen molar-refractivity contribution in [2.24, 2.45) is 0 Å². The van der Waals surface area contributed by atoms with Crippen LogP contribution >= 0.6 is 11.3 Å². The van der Waals surface area contributed by atoms with Crippen LogP contribution in [0.3, 0.4) is 0 Å². The molecule has 5 heteroatoms. The first-order valence-electron chi connectivity index (χ1n) is 5.17. The highest BCUT2D eigenvalue weighted by Gasteiger charge is 2.08. The number of thiophene rings is 1. The number of nitrogen functional groups attached to an aromatic ring is 1. The van der Waals surface area contributed by atoms with Gasteiger partial charge >= 0.3 is 0 Å². The summed E-state index contributed by atoms with van der Waals surface area (Å²) in [6, 6.07) is 9.67. The van der Waals surface area contributed by atoms with E-state index in [1.807, 2.05) is 17.5 Å². The number of nitriles is 1. The lowest BCUT2D eigenvalue weighted by atomic mass is 10.2. The lowest BCUT2D eigenvalue weighted by molar-refractivity contribution is 0.896. The average Bonchev–Trinajstić information content (AvgIpc) is 2.85. The monoisotopic (exact) mass is 244 g/mol. The molecule has 0 fully saturated rings. The van der Waals surface area contributed by atoms with Crippen molar-refractivity contribution >= 4 is 22.8 Å². The number of hydrogen-bond acceptors (Lipinski definition) is 5. The Kier molecular flexibility index (Phi) is 3.26. The number of anilines is 2. The number of aromatic nitrogens is 1. The first-order valence-corrected chi connectivity index (χ1v) is 6.05. The second-order valence-electron chi connectivity index (χ2n) is 3.63. The summed E-state index contributed by atoms with van der Waals surface area (Å²) < 4.78 is 0. The quantitative estimate of drug-likeness (QED) is 0.870. The highest BCUT2D eigenvalue weighted by Crippen LogP contribution is 2.22. The zero-order valence-corrected chi connectivity index (χ0v) is 10.2. The highest BCUT2D eigenvalue weighted by molar-refractivity contribution is 7.10. The lowest BCUT2D eigenvalue weighted by Crippen LogP contribution is -2.07. The van der Waals surface area contributed by atoms with Gasteiger partial charge in [0.05, 0.1) is 11.7 Å². The molecule has 17 heavy (non-hydrogen) atoms. The van der Waals surface area contributed by atoms with Gasteiger partial charge < -0.3 is 11.1 Å². The van der Waals surface area contributed by atoms with E-state index in [9.17, 15) is 0 Å². The topological polar surface area (TPSA) is 74.7 Å². The third kappa shape index (κ3) is 2.55. The molecule has 2 heterocycles. The van der Waals surface area contributed by atoms with E-state index in [1.54, 1.807) is 23.5 Å². The van der Waals surface area contributed by atoms with Gasteiger partial charge in [0.25, 0.3) is 0 Å². The minimum absolute atomic E-state index is 0.165. The molecule has 0 radical (unpaired) electrons. The van der Waals surface area contributed by atoms with E-state index in [2.05, 4.69) is 23.3 Å². The molecule has 2 rings (SSSR count). The third-order valence-corrected chi connectivity index (χ3v) is 3.42. The Hall–Kier alpha value is -2.06. The SMILES string of the molecule is CC(Nc1ccc(N)c(C#N)n1)c1cccs1.